The summed E-state index contributed by atoms with van der Waals surface area (Å²) in [7, 11) is 0. The van der Waals surface area contributed by atoms with Gasteiger partial charge < -0.3 is 14.8 Å². The fourth-order valence-corrected chi connectivity index (χ4v) is 2.43. The normalized spacial score (nSPS) is 12.4. The van der Waals surface area contributed by atoms with Gasteiger partial charge >= 0.3 is 0 Å². The number of hydrogen-bond donors (Lipinski definition) is 1. The van der Waals surface area contributed by atoms with Crippen molar-refractivity contribution in [1.82, 2.24) is 9.78 Å². The van der Waals surface area contributed by atoms with E-state index in [-0.39, 0.29) is 6.79 Å². The van der Waals surface area contributed by atoms with Gasteiger partial charge in [0.25, 0.3) is 0 Å². The zero-order valence-corrected chi connectivity index (χ0v) is 11.9. The first-order valence-corrected chi connectivity index (χ1v) is 7.10. The Bertz CT molecular complexity index is 784. The lowest BCUT2D eigenvalue weighted by Gasteiger charge is -2.04. The first-order valence-electron chi connectivity index (χ1n) is 7.10. The van der Waals surface area contributed by atoms with Crippen LogP contribution in [0.25, 0.3) is 0 Å². The zero-order valence-electron chi connectivity index (χ0n) is 11.9. The molecule has 0 atom stereocenters. The zero-order chi connectivity index (χ0) is 14.8. The Hall–Kier alpha value is -2.95. The molecule has 0 spiro atoms. The van der Waals surface area contributed by atoms with Gasteiger partial charge in [0.05, 0.1) is 18.4 Å². The van der Waals surface area contributed by atoms with Gasteiger partial charge in [0.2, 0.25) is 6.79 Å². The Labute approximate surface area is 128 Å². The van der Waals surface area contributed by atoms with Crippen LogP contribution >= 0.6 is 0 Å². The number of benzene rings is 2. The highest BCUT2D eigenvalue weighted by Gasteiger charge is 2.13. The van der Waals surface area contributed by atoms with E-state index in [1.165, 1.54) is 5.56 Å². The van der Waals surface area contributed by atoms with Gasteiger partial charge in [0, 0.05) is 18.0 Å². The van der Waals surface area contributed by atoms with Crippen molar-refractivity contribution in [1.29, 1.82) is 0 Å². The molecule has 0 saturated carbocycles. The molecule has 1 aliphatic heterocycles. The minimum Gasteiger partial charge on any atom is -0.454 e. The fourth-order valence-electron chi connectivity index (χ4n) is 2.43. The summed E-state index contributed by atoms with van der Waals surface area (Å²) < 4.78 is 12.6. The average Bonchev–Trinajstić information content (AvgIpc) is 3.17. The smallest absolute Gasteiger partial charge is 0.231 e. The minimum atomic E-state index is 0.286. The number of hydrogen-bond acceptors (Lipinski definition) is 4. The van der Waals surface area contributed by atoms with E-state index in [4.69, 9.17) is 9.47 Å². The third-order valence-corrected chi connectivity index (χ3v) is 3.48. The van der Waals surface area contributed by atoms with E-state index in [0.717, 1.165) is 29.4 Å². The summed E-state index contributed by atoms with van der Waals surface area (Å²) in [5.41, 5.74) is 3.11. The van der Waals surface area contributed by atoms with Crippen LogP contribution in [-0.4, -0.2) is 16.6 Å². The quantitative estimate of drug-likeness (QED) is 0.801. The molecule has 0 fully saturated rings. The summed E-state index contributed by atoms with van der Waals surface area (Å²) >= 11 is 0. The predicted molar refractivity (Wildman–Crippen MR) is 83.6 cm³/mol. The van der Waals surface area contributed by atoms with Gasteiger partial charge in [-0.25, -0.2) is 0 Å². The molecule has 5 nitrogen and oxygen atoms in total. The third-order valence-electron chi connectivity index (χ3n) is 3.48. The molecule has 5 heteroatoms. The van der Waals surface area contributed by atoms with Crippen LogP contribution in [0.4, 0.5) is 11.4 Å². The Balaban J connectivity index is 1.48. The van der Waals surface area contributed by atoms with Gasteiger partial charge in [-0.05, 0) is 17.7 Å². The lowest BCUT2D eigenvalue weighted by molar-refractivity contribution is 0.174. The molecule has 4 rings (SSSR count). The maximum Gasteiger partial charge on any atom is 0.231 e. The van der Waals surface area contributed by atoms with Gasteiger partial charge in [-0.15, -0.1) is 0 Å². The molecule has 0 aliphatic carbocycles. The maximum atomic E-state index is 5.38. The summed E-state index contributed by atoms with van der Waals surface area (Å²) in [6, 6.07) is 16.0. The number of nitrogens with one attached hydrogen (secondary N) is 1. The largest absolute Gasteiger partial charge is 0.454 e. The van der Waals surface area contributed by atoms with Gasteiger partial charge in [0.15, 0.2) is 11.5 Å². The van der Waals surface area contributed by atoms with Crippen LogP contribution in [0.1, 0.15) is 5.56 Å². The SMILES string of the molecule is c1ccc(Cn2cc(Nc3ccc4c(c3)OCO4)cn2)cc1. The Morgan fingerprint density at radius 1 is 1.00 bits per heavy atom. The number of nitrogens with zero attached hydrogens (tertiary/aromatic N) is 2. The monoisotopic (exact) mass is 293 g/mol. The molecule has 22 heavy (non-hydrogen) atoms. The molecule has 1 N–H and O–H groups in total. The molecule has 3 aromatic rings. The second-order valence-electron chi connectivity index (χ2n) is 5.11. The summed E-state index contributed by atoms with van der Waals surface area (Å²) in [6.45, 7) is 1.04. The number of fused-ring (bicyclic) bond motifs is 1. The second-order valence-corrected chi connectivity index (χ2v) is 5.11. The highest BCUT2D eigenvalue weighted by atomic mass is 16.7. The molecule has 0 amide bonds. The van der Waals surface area contributed by atoms with Crippen LogP contribution in [0.5, 0.6) is 11.5 Å². The average molecular weight is 293 g/mol. The minimum absolute atomic E-state index is 0.286. The molecule has 110 valence electrons. The van der Waals surface area contributed by atoms with Gasteiger partial charge in [0.1, 0.15) is 0 Å². The lowest BCUT2D eigenvalue weighted by atomic mass is 10.2. The fraction of sp³-hybridized carbons (Fsp3) is 0.118. The molecule has 0 radical (unpaired) electrons. The molecule has 1 aromatic heterocycles. The van der Waals surface area contributed by atoms with Crippen molar-refractivity contribution in [2.24, 2.45) is 0 Å². The van der Waals surface area contributed by atoms with E-state index in [1.807, 2.05) is 53.5 Å². The van der Waals surface area contributed by atoms with E-state index in [9.17, 15) is 0 Å². The Morgan fingerprint density at radius 2 is 1.86 bits per heavy atom. The molecular formula is C17H15N3O2. The van der Waals surface area contributed by atoms with Crippen LogP contribution in [0.2, 0.25) is 0 Å². The Morgan fingerprint density at radius 3 is 2.77 bits per heavy atom. The van der Waals surface area contributed by atoms with Gasteiger partial charge in [-0.1, -0.05) is 30.3 Å². The molecular weight excluding hydrogens is 278 g/mol. The molecule has 0 unspecified atom stereocenters. The highest BCUT2D eigenvalue weighted by molar-refractivity contribution is 5.63. The van der Waals surface area contributed by atoms with Gasteiger partial charge in [-0.2, -0.15) is 5.10 Å². The van der Waals surface area contributed by atoms with Crippen LogP contribution in [0, 0.1) is 0 Å². The maximum absolute atomic E-state index is 5.38. The van der Waals surface area contributed by atoms with Crippen molar-refractivity contribution in [3.63, 3.8) is 0 Å². The highest BCUT2D eigenvalue weighted by Crippen LogP contribution is 2.35. The van der Waals surface area contributed by atoms with Crippen LogP contribution < -0.4 is 14.8 Å². The number of anilines is 2. The number of rotatable bonds is 4. The second kappa shape index (κ2) is 5.44. The molecule has 0 bridgehead atoms. The van der Waals surface area contributed by atoms with Crippen LogP contribution in [0.3, 0.4) is 0 Å². The summed E-state index contributed by atoms with van der Waals surface area (Å²) in [6.07, 6.45) is 3.80. The van der Waals surface area contributed by atoms with Crippen molar-refractivity contribution in [3.05, 3.63) is 66.5 Å². The van der Waals surface area contributed by atoms with E-state index >= 15 is 0 Å². The van der Waals surface area contributed by atoms with Crippen molar-refractivity contribution in [2.45, 2.75) is 6.54 Å². The topological polar surface area (TPSA) is 48.3 Å². The third kappa shape index (κ3) is 2.61. The molecule has 2 heterocycles. The molecule has 1 aliphatic rings. The lowest BCUT2D eigenvalue weighted by Crippen LogP contribution is -1.99. The molecule has 2 aromatic carbocycles. The van der Waals surface area contributed by atoms with Crippen molar-refractivity contribution < 1.29 is 9.47 Å². The first-order chi connectivity index (χ1) is 10.9. The summed E-state index contributed by atoms with van der Waals surface area (Å²) in [5, 5.41) is 7.70. The van der Waals surface area contributed by atoms with Crippen molar-refractivity contribution in [3.8, 4) is 11.5 Å². The van der Waals surface area contributed by atoms with E-state index < -0.39 is 0 Å². The predicted octanol–water partition coefficient (Wildman–Crippen LogP) is 3.40. The van der Waals surface area contributed by atoms with E-state index in [2.05, 4.69) is 22.5 Å². The van der Waals surface area contributed by atoms with Crippen molar-refractivity contribution in [2.75, 3.05) is 12.1 Å². The number of ether oxygens (including phenoxy) is 2. The standard InChI is InChI=1S/C17H15N3O2/c1-2-4-13(5-3-1)10-20-11-15(9-18-20)19-14-6-7-16-17(8-14)22-12-21-16/h1-9,11,19H,10,12H2. The van der Waals surface area contributed by atoms with Crippen LogP contribution in [0.15, 0.2) is 60.9 Å². The van der Waals surface area contributed by atoms with Crippen LogP contribution in [-0.2, 0) is 6.54 Å². The van der Waals surface area contributed by atoms with E-state index in [0.29, 0.717) is 0 Å². The Kier molecular flexibility index (Phi) is 3.16. The van der Waals surface area contributed by atoms with Gasteiger partial charge in [-0.3, -0.25) is 4.68 Å². The van der Waals surface area contributed by atoms with E-state index in [1.54, 1.807) is 0 Å². The summed E-state index contributed by atoms with van der Waals surface area (Å²) in [4.78, 5) is 0. The summed E-state index contributed by atoms with van der Waals surface area (Å²) in [5.74, 6) is 1.55. The first kappa shape index (κ1) is 12.8. The van der Waals surface area contributed by atoms with Crippen molar-refractivity contribution >= 4 is 11.4 Å². The molecule has 0 saturated heterocycles. The number of aromatic nitrogens is 2.